The Morgan fingerprint density at radius 3 is 2.96 bits per heavy atom. The smallest absolute Gasteiger partial charge is 0.246 e. The Morgan fingerprint density at radius 2 is 2.21 bits per heavy atom. The van der Waals surface area contributed by atoms with Crippen molar-refractivity contribution < 1.29 is 9.90 Å². The topological polar surface area (TPSA) is 56.7 Å². The quantitative estimate of drug-likeness (QED) is 0.836. The van der Waals surface area contributed by atoms with E-state index in [1.807, 2.05) is 42.3 Å². The maximum Gasteiger partial charge on any atom is 0.246 e. The van der Waals surface area contributed by atoms with Crippen molar-refractivity contribution in [2.75, 3.05) is 20.6 Å². The van der Waals surface area contributed by atoms with E-state index in [9.17, 15) is 9.90 Å². The summed E-state index contributed by atoms with van der Waals surface area (Å²) in [6.07, 6.45) is 8.75. The van der Waals surface area contributed by atoms with Gasteiger partial charge in [0, 0.05) is 37.0 Å². The molecule has 1 aromatic heterocycles. The summed E-state index contributed by atoms with van der Waals surface area (Å²) in [5.41, 5.74) is 3.18. The van der Waals surface area contributed by atoms with Crippen LogP contribution in [0.25, 0.3) is 6.08 Å². The predicted octanol–water partition coefficient (Wildman–Crippen LogP) is 2.85. The normalized spacial score (nSPS) is 26.8. The molecule has 0 saturated carbocycles. The second-order valence-electron chi connectivity index (χ2n) is 8.27. The average molecular weight is 377 g/mol. The van der Waals surface area contributed by atoms with Crippen molar-refractivity contribution in [1.29, 1.82) is 0 Å². The summed E-state index contributed by atoms with van der Waals surface area (Å²) >= 11 is 0. The molecule has 1 amide bonds. The Morgan fingerprint density at radius 1 is 1.39 bits per heavy atom. The lowest BCUT2D eigenvalue weighted by Crippen LogP contribution is -2.67. The molecule has 1 saturated heterocycles. The lowest BCUT2D eigenvalue weighted by molar-refractivity contribution is -0.132. The van der Waals surface area contributed by atoms with Crippen LogP contribution in [-0.4, -0.2) is 58.5 Å². The molecule has 1 N–H and O–H groups in total. The van der Waals surface area contributed by atoms with E-state index < -0.39 is 0 Å². The molecule has 2 aliphatic rings. The monoisotopic (exact) mass is 377 g/mol. The number of piperidine rings is 1. The number of amides is 1. The van der Waals surface area contributed by atoms with Gasteiger partial charge in [0.1, 0.15) is 5.75 Å². The summed E-state index contributed by atoms with van der Waals surface area (Å²) < 4.78 is 0. The number of aromatic nitrogens is 1. The van der Waals surface area contributed by atoms with Crippen molar-refractivity contribution in [3.05, 3.63) is 65.5 Å². The van der Waals surface area contributed by atoms with Gasteiger partial charge in [-0.3, -0.25) is 9.78 Å². The van der Waals surface area contributed by atoms with Gasteiger partial charge >= 0.3 is 0 Å². The molecule has 2 bridgehead atoms. The first-order chi connectivity index (χ1) is 13.4. The number of aromatic hydroxyl groups is 1. The largest absolute Gasteiger partial charge is 0.508 e. The van der Waals surface area contributed by atoms with Crippen LogP contribution in [0.2, 0.25) is 0 Å². The molecule has 1 aliphatic carbocycles. The van der Waals surface area contributed by atoms with Crippen molar-refractivity contribution in [2.45, 2.75) is 37.3 Å². The first-order valence-corrected chi connectivity index (χ1v) is 9.77. The number of likely N-dealkylation sites (tertiary alicyclic amines) is 1. The van der Waals surface area contributed by atoms with Gasteiger partial charge in [-0.25, -0.2) is 0 Å². The Balaban J connectivity index is 1.67. The summed E-state index contributed by atoms with van der Waals surface area (Å²) in [7, 11) is 4.05. The SMILES string of the molecule is CN(C(=O)/C=C/c1cccnc1)C1[C@H]2Cc3ccc(O)cc3[C@]1(C)CCN2C. The van der Waals surface area contributed by atoms with Crippen LogP contribution in [0.4, 0.5) is 0 Å². The minimum Gasteiger partial charge on any atom is -0.508 e. The third-order valence-electron chi connectivity index (χ3n) is 6.57. The van der Waals surface area contributed by atoms with Crippen LogP contribution in [0.5, 0.6) is 5.75 Å². The third-order valence-corrected chi connectivity index (χ3v) is 6.57. The number of fused-ring (bicyclic) bond motifs is 4. The molecule has 28 heavy (non-hydrogen) atoms. The zero-order chi connectivity index (χ0) is 19.9. The maximum absolute atomic E-state index is 13.0. The van der Waals surface area contributed by atoms with Gasteiger partial charge < -0.3 is 14.9 Å². The van der Waals surface area contributed by atoms with E-state index in [0.717, 1.165) is 24.9 Å². The van der Waals surface area contributed by atoms with Gasteiger partial charge in [0.2, 0.25) is 5.91 Å². The third kappa shape index (κ3) is 3.10. The molecule has 146 valence electrons. The van der Waals surface area contributed by atoms with E-state index in [4.69, 9.17) is 0 Å². The summed E-state index contributed by atoms with van der Waals surface area (Å²) in [6.45, 7) is 3.23. The molecule has 1 unspecified atom stereocenters. The van der Waals surface area contributed by atoms with E-state index in [-0.39, 0.29) is 23.4 Å². The molecule has 3 atom stereocenters. The Bertz CT molecular complexity index is 911. The molecular formula is C23H27N3O2. The number of benzene rings is 1. The minimum absolute atomic E-state index is 0.0102. The fraction of sp³-hybridized carbons (Fsp3) is 0.391. The fourth-order valence-corrected chi connectivity index (χ4v) is 5.03. The molecule has 1 fully saturated rings. The zero-order valence-corrected chi connectivity index (χ0v) is 16.7. The Hall–Kier alpha value is -2.66. The van der Waals surface area contributed by atoms with Crippen LogP contribution in [-0.2, 0) is 16.6 Å². The van der Waals surface area contributed by atoms with Crippen LogP contribution in [0.1, 0.15) is 30.0 Å². The van der Waals surface area contributed by atoms with Crippen LogP contribution < -0.4 is 0 Å². The highest BCUT2D eigenvalue weighted by Gasteiger charge is 2.52. The molecule has 0 spiro atoms. The van der Waals surface area contributed by atoms with Crippen LogP contribution in [0.15, 0.2) is 48.8 Å². The van der Waals surface area contributed by atoms with Gasteiger partial charge in [0.25, 0.3) is 0 Å². The van der Waals surface area contributed by atoms with Gasteiger partial charge in [0.15, 0.2) is 0 Å². The Kier molecular flexibility index (Phi) is 4.71. The number of carbonyl (C=O) groups excluding carboxylic acids is 1. The first-order valence-electron chi connectivity index (χ1n) is 9.77. The fourth-order valence-electron chi connectivity index (χ4n) is 5.03. The lowest BCUT2D eigenvalue weighted by atomic mass is 9.61. The number of likely N-dealkylation sites (N-methyl/N-ethyl adjacent to an activating group) is 2. The van der Waals surface area contributed by atoms with E-state index in [2.05, 4.69) is 23.9 Å². The first kappa shape index (κ1) is 18.7. The molecule has 5 heteroatoms. The standard InChI is InChI=1S/C23H27N3O2/c1-23-10-12-25(2)20(13-17-7-8-18(27)14-19(17)23)22(23)26(3)21(28)9-6-16-5-4-11-24-15-16/h4-9,11,14-15,20,22,27H,10,12-13H2,1-3H3/b9-6+/t20-,22?,23+/m1/s1. The van der Waals surface area contributed by atoms with Gasteiger partial charge in [-0.2, -0.15) is 0 Å². The van der Waals surface area contributed by atoms with E-state index in [1.165, 1.54) is 11.1 Å². The van der Waals surface area contributed by atoms with Crippen molar-refractivity contribution in [3.8, 4) is 5.75 Å². The number of hydrogen-bond donors (Lipinski definition) is 1. The summed E-state index contributed by atoms with van der Waals surface area (Å²) in [5, 5.41) is 10.1. The highest BCUT2D eigenvalue weighted by atomic mass is 16.3. The number of phenols is 1. The van der Waals surface area contributed by atoms with Crippen LogP contribution in [0.3, 0.4) is 0 Å². The van der Waals surface area contributed by atoms with Crippen LogP contribution in [0, 0.1) is 0 Å². The van der Waals surface area contributed by atoms with E-state index >= 15 is 0 Å². The van der Waals surface area contributed by atoms with Crippen molar-refractivity contribution in [1.82, 2.24) is 14.8 Å². The highest BCUT2D eigenvalue weighted by Crippen LogP contribution is 2.47. The van der Waals surface area contributed by atoms with Gasteiger partial charge in [-0.1, -0.05) is 19.1 Å². The minimum atomic E-state index is -0.184. The van der Waals surface area contributed by atoms with E-state index in [1.54, 1.807) is 24.5 Å². The zero-order valence-electron chi connectivity index (χ0n) is 16.7. The van der Waals surface area contributed by atoms with Crippen molar-refractivity contribution in [2.24, 2.45) is 0 Å². The number of pyridine rings is 1. The molecule has 0 radical (unpaired) electrons. The molecule has 5 nitrogen and oxygen atoms in total. The summed E-state index contributed by atoms with van der Waals surface area (Å²) in [4.78, 5) is 21.4. The number of carbonyl (C=O) groups is 1. The van der Waals surface area contributed by atoms with Crippen LogP contribution >= 0.6 is 0 Å². The van der Waals surface area contributed by atoms with Crippen molar-refractivity contribution >= 4 is 12.0 Å². The van der Waals surface area contributed by atoms with E-state index in [0.29, 0.717) is 5.75 Å². The molecular weight excluding hydrogens is 350 g/mol. The predicted molar refractivity (Wildman–Crippen MR) is 110 cm³/mol. The highest BCUT2D eigenvalue weighted by molar-refractivity contribution is 5.92. The number of rotatable bonds is 3. The maximum atomic E-state index is 13.0. The molecule has 2 aromatic rings. The number of hydrogen-bond acceptors (Lipinski definition) is 4. The second-order valence-corrected chi connectivity index (χ2v) is 8.27. The summed E-state index contributed by atoms with van der Waals surface area (Å²) in [5.74, 6) is 0.283. The molecule has 2 heterocycles. The Labute approximate surface area is 166 Å². The molecule has 1 aliphatic heterocycles. The van der Waals surface area contributed by atoms with Gasteiger partial charge in [-0.15, -0.1) is 0 Å². The van der Waals surface area contributed by atoms with Gasteiger partial charge in [-0.05, 0) is 67.4 Å². The number of nitrogens with zero attached hydrogens (tertiary/aromatic N) is 3. The molecule has 1 aromatic carbocycles. The lowest BCUT2D eigenvalue weighted by Gasteiger charge is -2.57. The van der Waals surface area contributed by atoms with Crippen molar-refractivity contribution in [3.63, 3.8) is 0 Å². The average Bonchev–Trinajstić information content (AvgIpc) is 2.70. The van der Waals surface area contributed by atoms with Gasteiger partial charge in [0.05, 0.1) is 6.04 Å². The number of phenolic OH excluding ortho intramolecular Hbond substituents is 1. The second kappa shape index (κ2) is 7.06. The molecule has 4 rings (SSSR count). The summed E-state index contributed by atoms with van der Waals surface area (Å²) in [6, 6.07) is 9.80.